The lowest BCUT2D eigenvalue weighted by Gasteiger charge is -2.11. The lowest BCUT2D eigenvalue weighted by molar-refractivity contribution is 0.0695. The first-order valence-corrected chi connectivity index (χ1v) is 8.73. The molecule has 128 valence electrons. The van der Waals surface area contributed by atoms with Gasteiger partial charge in [-0.1, -0.05) is 12.1 Å². The molecule has 0 aliphatic heterocycles. The topological polar surface area (TPSA) is 100 Å². The lowest BCUT2D eigenvalue weighted by atomic mass is 10.1. The predicted octanol–water partition coefficient (Wildman–Crippen LogP) is 1.52. The zero-order chi connectivity index (χ0) is 17.9. The number of carbonyl (C=O) groups is 1. The number of carboxylic acid groups (broad SMARTS) is 1. The lowest BCUT2D eigenvalue weighted by Crippen LogP contribution is -2.22. The molecule has 24 heavy (non-hydrogen) atoms. The molecule has 0 atom stereocenters. The first-order chi connectivity index (χ1) is 11.2. The molecule has 2 aromatic rings. The van der Waals surface area contributed by atoms with E-state index in [1.807, 2.05) is 0 Å². The SMILES string of the molecule is Cc1nc(CCc2ccc(S(=O)(=O)N(C)C)cc2)ncc1C(=O)O. The summed E-state index contributed by atoms with van der Waals surface area (Å²) in [5, 5.41) is 8.96. The van der Waals surface area contributed by atoms with Gasteiger partial charge in [-0.3, -0.25) is 0 Å². The summed E-state index contributed by atoms with van der Waals surface area (Å²) in [4.78, 5) is 19.4. The molecule has 1 heterocycles. The number of hydrogen-bond acceptors (Lipinski definition) is 5. The van der Waals surface area contributed by atoms with Gasteiger partial charge in [0.25, 0.3) is 0 Å². The second-order valence-corrected chi connectivity index (χ2v) is 7.67. The Morgan fingerprint density at radius 1 is 1.17 bits per heavy atom. The number of sulfonamides is 1. The van der Waals surface area contributed by atoms with Gasteiger partial charge in [-0.15, -0.1) is 0 Å². The van der Waals surface area contributed by atoms with E-state index < -0.39 is 16.0 Å². The van der Waals surface area contributed by atoms with Crippen LogP contribution in [0.2, 0.25) is 0 Å². The van der Waals surface area contributed by atoms with Crippen molar-refractivity contribution in [1.82, 2.24) is 14.3 Å². The van der Waals surface area contributed by atoms with E-state index in [-0.39, 0.29) is 10.5 Å². The van der Waals surface area contributed by atoms with Gasteiger partial charge in [-0.2, -0.15) is 0 Å². The molecular formula is C16H19N3O4S. The van der Waals surface area contributed by atoms with Crippen LogP contribution in [0.25, 0.3) is 0 Å². The van der Waals surface area contributed by atoms with Crippen molar-refractivity contribution < 1.29 is 18.3 Å². The van der Waals surface area contributed by atoms with Crippen molar-refractivity contribution in [1.29, 1.82) is 0 Å². The van der Waals surface area contributed by atoms with Gasteiger partial charge in [0.2, 0.25) is 10.0 Å². The number of benzene rings is 1. The van der Waals surface area contributed by atoms with Gasteiger partial charge in [0.15, 0.2) is 0 Å². The van der Waals surface area contributed by atoms with E-state index in [0.717, 1.165) is 5.56 Å². The van der Waals surface area contributed by atoms with E-state index in [0.29, 0.717) is 24.4 Å². The largest absolute Gasteiger partial charge is 0.478 e. The molecule has 0 fully saturated rings. The number of aryl methyl sites for hydroxylation is 3. The molecule has 0 aliphatic rings. The maximum absolute atomic E-state index is 12.0. The molecule has 1 aromatic heterocycles. The van der Waals surface area contributed by atoms with Gasteiger partial charge in [0, 0.05) is 26.7 Å². The molecular weight excluding hydrogens is 330 g/mol. The van der Waals surface area contributed by atoms with Crippen molar-refractivity contribution in [3.05, 3.63) is 53.1 Å². The third-order valence-electron chi connectivity index (χ3n) is 3.60. The zero-order valence-corrected chi connectivity index (χ0v) is 14.5. The summed E-state index contributed by atoms with van der Waals surface area (Å²) in [7, 11) is -0.447. The van der Waals surface area contributed by atoms with Gasteiger partial charge in [0.1, 0.15) is 5.82 Å². The quantitative estimate of drug-likeness (QED) is 0.848. The molecule has 0 aliphatic carbocycles. The second-order valence-electron chi connectivity index (χ2n) is 5.52. The van der Waals surface area contributed by atoms with Crippen molar-refractivity contribution in [2.45, 2.75) is 24.7 Å². The summed E-state index contributed by atoms with van der Waals surface area (Å²) < 4.78 is 25.2. The van der Waals surface area contributed by atoms with Crippen molar-refractivity contribution in [3.63, 3.8) is 0 Å². The smallest absolute Gasteiger partial charge is 0.339 e. The molecule has 0 spiro atoms. The fourth-order valence-corrected chi connectivity index (χ4v) is 3.04. The molecule has 0 saturated carbocycles. The zero-order valence-electron chi connectivity index (χ0n) is 13.7. The number of aromatic carboxylic acids is 1. The average Bonchev–Trinajstić information content (AvgIpc) is 2.53. The van der Waals surface area contributed by atoms with E-state index in [1.165, 1.54) is 24.6 Å². The van der Waals surface area contributed by atoms with Crippen molar-refractivity contribution >= 4 is 16.0 Å². The minimum atomic E-state index is -3.43. The molecule has 2 rings (SSSR count). The first kappa shape index (κ1) is 18.0. The highest BCUT2D eigenvalue weighted by Crippen LogP contribution is 2.15. The molecule has 0 saturated heterocycles. The molecule has 1 N–H and O–H groups in total. The molecule has 7 nitrogen and oxygen atoms in total. The van der Waals surface area contributed by atoms with Crippen molar-refractivity contribution in [2.24, 2.45) is 0 Å². The van der Waals surface area contributed by atoms with Crippen LogP contribution in [-0.4, -0.2) is 47.9 Å². The minimum Gasteiger partial charge on any atom is -0.478 e. The number of nitrogens with zero attached hydrogens (tertiary/aromatic N) is 3. The molecule has 0 amide bonds. The third kappa shape index (κ3) is 3.95. The predicted molar refractivity (Wildman–Crippen MR) is 88.5 cm³/mol. The maximum atomic E-state index is 12.0. The minimum absolute atomic E-state index is 0.0944. The Balaban J connectivity index is 2.08. The van der Waals surface area contributed by atoms with Gasteiger partial charge in [-0.25, -0.2) is 27.5 Å². The van der Waals surface area contributed by atoms with Crippen LogP contribution in [0, 0.1) is 6.92 Å². The van der Waals surface area contributed by atoms with Gasteiger partial charge < -0.3 is 5.11 Å². The highest BCUT2D eigenvalue weighted by Gasteiger charge is 2.16. The van der Waals surface area contributed by atoms with Crippen LogP contribution in [0.4, 0.5) is 0 Å². The Morgan fingerprint density at radius 2 is 1.79 bits per heavy atom. The van der Waals surface area contributed by atoms with Crippen LogP contribution in [-0.2, 0) is 22.9 Å². The Bertz CT molecular complexity index is 846. The van der Waals surface area contributed by atoms with E-state index in [9.17, 15) is 13.2 Å². The first-order valence-electron chi connectivity index (χ1n) is 7.29. The Labute approximate surface area is 141 Å². The normalized spacial score (nSPS) is 11.7. The summed E-state index contributed by atoms with van der Waals surface area (Å²) in [6.45, 7) is 1.63. The van der Waals surface area contributed by atoms with Crippen molar-refractivity contribution in [3.8, 4) is 0 Å². The van der Waals surface area contributed by atoms with Gasteiger partial charge >= 0.3 is 5.97 Å². The van der Waals surface area contributed by atoms with Gasteiger partial charge in [0.05, 0.1) is 16.2 Å². The highest BCUT2D eigenvalue weighted by molar-refractivity contribution is 7.89. The summed E-state index contributed by atoms with van der Waals surface area (Å²) in [5.74, 6) is -0.487. The monoisotopic (exact) mass is 349 g/mol. The molecule has 0 unspecified atom stereocenters. The molecule has 0 bridgehead atoms. The van der Waals surface area contributed by atoms with Crippen LogP contribution in [0.5, 0.6) is 0 Å². The molecule has 0 radical (unpaired) electrons. The molecule has 1 aromatic carbocycles. The number of hydrogen-bond donors (Lipinski definition) is 1. The average molecular weight is 349 g/mol. The van der Waals surface area contributed by atoms with E-state index in [2.05, 4.69) is 9.97 Å². The number of carboxylic acids is 1. The standard InChI is InChI=1S/C16H19N3O4S/c1-11-14(16(20)21)10-17-15(18-11)9-6-12-4-7-13(8-5-12)24(22,23)19(2)3/h4-5,7-8,10H,6,9H2,1-3H3,(H,20,21). The fraction of sp³-hybridized carbons (Fsp3) is 0.312. The van der Waals surface area contributed by atoms with E-state index in [4.69, 9.17) is 5.11 Å². The Morgan fingerprint density at radius 3 is 2.29 bits per heavy atom. The summed E-state index contributed by atoms with van der Waals surface area (Å²) >= 11 is 0. The second kappa shape index (κ2) is 7.06. The Hall–Kier alpha value is -2.32. The maximum Gasteiger partial charge on any atom is 0.339 e. The molecule has 8 heteroatoms. The third-order valence-corrected chi connectivity index (χ3v) is 5.43. The van der Waals surface area contributed by atoms with Crippen LogP contribution in [0.15, 0.2) is 35.4 Å². The summed E-state index contributed by atoms with van der Waals surface area (Å²) in [5.41, 5.74) is 1.48. The van der Waals surface area contributed by atoms with E-state index >= 15 is 0 Å². The van der Waals surface area contributed by atoms with Crippen molar-refractivity contribution in [2.75, 3.05) is 14.1 Å². The number of rotatable bonds is 6. The van der Waals surface area contributed by atoms with Crippen LogP contribution in [0.1, 0.15) is 27.4 Å². The van der Waals surface area contributed by atoms with Crippen LogP contribution < -0.4 is 0 Å². The summed E-state index contributed by atoms with van der Waals surface area (Å²) in [6, 6.07) is 6.66. The fourth-order valence-electron chi connectivity index (χ4n) is 2.14. The summed E-state index contributed by atoms with van der Waals surface area (Å²) in [6.07, 6.45) is 2.49. The van der Waals surface area contributed by atoms with Crippen LogP contribution in [0.3, 0.4) is 0 Å². The van der Waals surface area contributed by atoms with Crippen LogP contribution >= 0.6 is 0 Å². The Kier molecular flexibility index (Phi) is 5.30. The number of aromatic nitrogens is 2. The van der Waals surface area contributed by atoms with E-state index in [1.54, 1.807) is 31.2 Å². The van der Waals surface area contributed by atoms with Gasteiger partial charge in [-0.05, 0) is 31.0 Å². The highest BCUT2D eigenvalue weighted by atomic mass is 32.2.